The van der Waals surface area contributed by atoms with Crippen LogP contribution in [0.2, 0.25) is 0 Å². The Kier molecular flexibility index (Phi) is 4.79. The monoisotopic (exact) mass is 282 g/mol. The summed E-state index contributed by atoms with van der Waals surface area (Å²) in [7, 11) is 0. The van der Waals surface area contributed by atoms with E-state index in [0.29, 0.717) is 11.5 Å². The van der Waals surface area contributed by atoms with Gasteiger partial charge in [0.2, 0.25) is 5.78 Å². The minimum absolute atomic E-state index is 0.00458. The van der Waals surface area contributed by atoms with Crippen LogP contribution in [0.5, 0.6) is 5.75 Å². The van der Waals surface area contributed by atoms with Gasteiger partial charge < -0.3 is 4.74 Å². The van der Waals surface area contributed by atoms with Crippen molar-refractivity contribution in [3.8, 4) is 5.75 Å². The van der Waals surface area contributed by atoms with Crippen molar-refractivity contribution < 1.29 is 9.53 Å². The maximum Gasteiger partial charge on any atom is 0.202 e. The quantitative estimate of drug-likeness (QED) is 0.738. The van der Waals surface area contributed by atoms with Gasteiger partial charge in [0.05, 0.1) is 0 Å². The zero-order chi connectivity index (χ0) is 15.4. The molecule has 0 radical (unpaired) electrons. The van der Waals surface area contributed by atoms with Crippen LogP contribution in [0.4, 0.5) is 0 Å². The molecule has 110 valence electrons. The van der Waals surface area contributed by atoms with E-state index < -0.39 is 6.10 Å². The molecule has 0 N–H and O–H groups in total. The molecule has 2 aromatic rings. The maximum atomic E-state index is 12.4. The minimum Gasteiger partial charge on any atom is -0.482 e. The van der Waals surface area contributed by atoms with Crippen molar-refractivity contribution in [2.24, 2.45) is 0 Å². The molecule has 0 aromatic heterocycles. The fourth-order valence-corrected chi connectivity index (χ4v) is 2.18. The topological polar surface area (TPSA) is 26.3 Å². The van der Waals surface area contributed by atoms with Gasteiger partial charge in [0.1, 0.15) is 5.75 Å². The Balaban J connectivity index is 2.18. The Morgan fingerprint density at radius 2 is 1.67 bits per heavy atom. The van der Waals surface area contributed by atoms with E-state index in [1.807, 2.05) is 49.4 Å². The number of hydrogen-bond donors (Lipinski definition) is 0. The van der Waals surface area contributed by atoms with Gasteiger partial charge in [-0.15, -0.1) is 0 Å². The van der Waals surface area contributed by atoms with E-state index in [1.165, 1.54) is 5.56 Å². The lowest BCUT2D eigenvalue weighted by Crippen LogP contribution is -2.24. The number of Topliss-reactive ketones (excluding diaryl/α,β-unsaturated/α-hetero) is 1. The van der Waals surface area contributed by atoms with Crippen molar-refractivity contribution in [1.82, 2.24) is 0 Å². The number of rotatable bonds is 5. The van der Waals surface area contributed by atoms with Crippen molar-refractivity contribution in [1.29, 1.82) is 0 Å². The molecule has 0 bridgehead atoms. The van der Waals surface area contributed by atoms with Crippen LogP contribution in [0.3, 0.4) is 0 Å². The zero-order valence-corrected chi connectivity index (χ0v) is 13.1. The van der Waals surface area contributed by atoms with Gasteiger partial charge in [-0.25, -0.2) is 0 Å². The Bertz CT molecular complexity index is 615. The highest BCUT2D eigenvalue weighted by atomic mass is 16.5. The van der Waals surface area contributed by atoms with Crippen LogP contribution in [-0.4, -0.2) is 11.9 Å². The first-order valence-electron chi connectivity index (χ1n) is 7.35. The van der Waals surface area contributed by atoms with Crippen LogP contribution in [-0.2, 0) is 0 Å². The van der Waals surface area contributed by atoms with E-state index in [2.05, 4.69) is 19.9 Å². The highest BCUT2D eigenvalue weighted by Crippen LogP contribution is 2.25. The van der Waals surface area contributed by atoms with Crippen molar-refractivity contribution >= 4 is 5.78 Å². The van der Waals surface area contributed by atoms with Crippen molar-refractivity contribution in [2.45, 2.75) is 39.7 Å². The molecular formula is C19H22O2. The number of aryl methyl sites for hydroxylation is 1. The van der Waals surface area contributed by atoms with E-state index in [0.717, 1.165) is 11.3 Å². The molecule has 1 atom stereocenters. The maximum absolute atomic E-state index is 12.4. The number of hydrogen-bond acceptors (Lipinski definition) is 2. The zero-order valence-electron chi connectivity index (χ0n) is 13.1. The van der Waals surface area contributed by atoms with Crippen LogP contribution in [0.25, 0.3) is 0 Å². The molecular weight excluding hydrogens is 260 g/mol. The highest BCUT2D eigenvalue weighted by Gasteiger charge is 2.17. The van der Waals surface area contributed by atoms with Gasteiger partial charge in [-0.2, -0.15) is 0 Å². The van der Waals surface area contributed by atoms with Crippen LogP contribution in [0.15, 0.2) is 48.5 Å². The van der Waals surface area contributed by atoms with Crippen molar-refractivity contribution in [3.63, 3.8) is 0 Å². The lowest BCUT2D eigenvalue weighted by Gasteiger charge is -2.17. The van der Waals surface area contributed by atoms with Crippen molar-refractivity contribution in [3.05, 3.63) is 65.2 Å². The summed E-state index contributed by atoms with van der Waals surface area (Å²) in [4.78, 5) is 12.4. The third kappa shape index (κ3) is 3.72. The van der Waals surface area contributed by atoms with Crippen LogP contribution in [0.1, 0.15) is 48.2 Å². The molecule has 0 aliphatic heterocycles. The summed E-state index contributed by atoms with van der Waals surface area (Å²) >= 11 is 0. The molecule has 0 amide bonds. The third-order valence-corrected chi connectivity index (χ3v) is 3.61. The number of carbonyl (C=O) groups excluding carboxylic acids is 1. The molecule has 0 spiro atoms. The molecule has 2 aromatic carbocycles. The Labute approximate surface area is 126 Å². The Morgan fingerprint density at radius 1 is 1.00 bits per heavy atom. The number of benzene rings is 2. The van der Waals surface area contributed by atoms with Crippen LogP contribution < -0.4 is 4.74 Å². The predicted molar refractivity (Wildman–Crippen MR) is 86.1 cm³/mol. The number of carbonyl (C=O) groups is 1. The first-order chi connectivity index (χ1) is 9.99. The van der Waals surface area contributed by atoms with E-state index in [1.54, 1.807) is 6.92 Å². The smallest absolute Gasteiger partial charge is 0.202 e. The number of ether oxygens (including phenoxy) is 1. The molecule has 1 unspecified atom stereocenters. The molecule has 0 aliphatic carbocycles. The van der Waals surface area contributed by atoms with E-state index in [4.69, 9.17) is 4.74 Å². The normalized spacial score (nSPS) is 12.2. The first kappa shape index (κ1) is 15.3. The van der Waals surface area contributed by atoms with E-state index >= 15 is 0 Å². The van der Waals surface area contributed by atoms with E-state index in [9.17, 15) is 4.79 Å². The summed E-state index contributed by atoms with van der Waals surface area (Å²) in [6, 6.07) is 15.5. The molecule has 2 rings (SSSR count). The molecule has 0 saturated carbocycles. The molecule has 0 saturated heterocycles. The molecule has 2 nitrogen and oxygen atoms in total. The Morgan fingerprint density at radius 3 is 2.29 bits per heavy atom. The summed E-state index contributed by atoms with van der Waals surface area (Å²) in [6.45, 7) is 8.09. The largest absolute Gasteiger partial charge is 0.482 e. The van der Waals surface area contributed by atoms with Gasteiger partial charge in [0, 0.05) is 5.56 Å². The van der Waals surface area contributed by atoms with Crippen molar-refractivity contribution in [2.75, 3.05) is 0 Å². The molecule has 0 fully saturated rings. The summed E-state index contributed by atoms with van der Waals surface area (Å²) < 4.78 is 5.90. The third-order valence-electron chi connectivity index (χ3n) is 3.61. The van der Waals surface area contributed by atoms with Gasteiger partial charge in [-0.1, -0.05) is 56.3 Å². The summed E-state index contributed by atoms with van der Waals surface area (Å²) in [6.07, 6.45) is -0.492. The average Bonchev–Trinajstić information content (AvgIpc) is 2.49. The second kappa shape index (κ2) is 6.57. The highest BCUT2D eigenvalue weighted by molar-refractivity contribution is 5.99. The molecule has 2 heteroatoms. The summed E-state index contributed by atoms with van der Waals surface area (Å²) in [5.41, 5.74) is 2.95. The number of ketones is 1. The molecule has 0 aliphatic rings. The van der Waals surface area contributed by atoms with Crippen LogP contribution in [0, 0.1) is 6.92 Å². The van der Waals surface area contributed by atoms with Gasteiger partial charge >= 0.3 is 0 Å². The average molecular weight is 282 g/mol. The first-order valence-corrected chi connectivity index (χ1v) is 7.35. The SMILES string of the molecule is Cc1ccc(C(C)C)cc1OC(C)C(=O)c1ccccc1. The lowest BCUT2D eigenvalue weighted by atomic mass is 10.0. The lowest BCUT2D eigenvalue weighted by molar-refractivity contribution is 0.0817. The standard InChI is InChI=1S/C19H22O2/c1-13(2)17-11-10-14(3)18(12-17)21-15(4)19(20)16-8-6-5-7-9-16/h5-13,15H,1-4H3. The Hall–Kier alpha value is -2.09. The predicted octanol–water partition coefficient (Wildman–Crippen LogP) is 4.77. The van der Waals surface area contributed by atoms with Crippen LogP contribution >= 0.6 is 0 Å². The van der Waals surface area contributed by atoms with E-state index in [-0.39, 0.29) is 5.78 Å². The summed E-state index contributed by atoms with van der Waals surface area (Å²) in [5, 5.41) is 0. The van der Waals surface area contributed by atoms with Gasteiger partial charge in [-0.3, -0.25) is 4.79 Å². The molecule has 21 heavy (non-hydrogen) atoms. The minimum atomic E-state index is -0.492. The molecule has 0 heterocycles. The fourth-order valence-electron chi connectivity index (χ4n) is 2.18. The summed E-state index contributed by atoms with van der Waals surface area (Å²) in [5.74, 6) is 1.23. The van der Waals surface area contributed by atoms with Gasteiger partial charge in [-0.05, 0) is 37.0 Å². The van der Waals surface area contributed by atoms with Gasteiger partial charge in [0.15, 0.2) is 6.10 Å². The second-order valence-corrected chi connectivity index (χ2v) is 5.67. The fraction of sp³-hybridized carbons (Fsp3) is 0.316. The second-order valence-electron chi connectivity index (χ2n) is 5.67. The van der Waals surface area contributed by atoms with Gasteiger partial charge in [0.25, 0.3) is 0 Å².